The number of nitrogens with one attached hydrogen (secondary N) is 2. The average Bonchev–Trinajstić information content (AvgIpc) is 3.09. The Hall–Kier alpha value is -0.770. The van der Waals surface area contributed by atoms with Crippen LogP contribution in [0.2, 0.25) is 0 Å². The van der Waals surface area contributed by atoms with Gasteiger partial charge in [0.2, 0.25) is 0 Å². The molecule has 0 bridgehead atoms. The lowest BCUT2D eigenvalue weighted by atomic mass is 10.3. The van der Waals surface area contributed by atoms with Crippen molar-refractivity contribution in [2.45, 2.75) is 39.7 Å². The Balaban J connectivity index is 2.20. The Morgan fingerprint density at radius 2 is 2.06 bits per heavy atom. The summed E-state index contributed by atoms with van der Waals surface area (Å²) in [5, 5.41) is 6.68. The minimum absolute atomic E-state index is 0.600. The highest BCUT2D eigenvalue weighted by molar-refractivity contribution is 5.79. The molecular weight excluding hydrogens is 212 g/mol. The molecular formula is C13H28N4. The molecule has 17 heavy (non-hydrogen) atoms. The van der Waals surface area contributed by atoms with Crippen molar-refractivity contribution in [1.29, 1.82) is 0 Å². The first-order valence-electron chi connectivity index (χ1n) is 6.86. The molecule has 0 amide bonds. The number of rotatable bonds is 7. The summed E-state index contributed by atoms with van der Waals surface area (Å²) in [6, 6.07) is 0.600. The fourth-order valence-electron chi connectivity index (χ4n) is 1.47. The molecule has 0 aromatic rings. The van der Waals surface area contributed by atoms with Crippen molar-refractivity contribution in [3.05, 3.63) is 0 Å². The van der Waals surface area contributed by atoms with Gasteiger partial charge < -0.3 is 15.5 Å². The molecule has 4 heteroatoms. The van der Waals surface area contributed by atoms with Crippen LogP contribution in [0.1, 0.15) is 33.6 Å². The number of likely N-dealkylation sites (N-methyl/N-ethyl adjacent to an activating group) is 1. The zero-order chi connectivity index (χ0) is 12.7. The smallest absolute Gasteiger partial charge is 0.191 e. The van der Waals surface area contributed by atoms with Crippen molar-refractivity contribution in [1.82, 2.24) is 15.5 Å². The first kappa shape index (κ1) is 14.3. The molecule has 0 atom stereocenters. The van der Waals surface area contributed by atoms with Crippen molar-refractivity contribution in [2.75, 3.05) is 33.2 Å². The molecule has 1 fully saturated rings. The normalized spacial score (nSPS) is 16.7. The van der Waals surface area contributed by atoms with E-state index in [9.17, 15) is 0 Å². The number of nitrogens with zero attached hydrogens (tertiary/aromatic N) is 2. The first-order valence-corrected chi connectivity index (χ1v) is 6.86. The lowest BCUT2D eigenvalue weighted by Crippen LogP contribution is -2.42. The third-order valence-electron chi connectivity index (χ3n) is 3.19. The fourth-order valence-corrected chi connectivity index (χ4v) is 1.47. The third-order valence-corrected chi connectivity index (χ3v) is 3.19. The van der Waals surface area contributed by atoms with E-state index in [0.717, 1.165) is 38.1 Å². The van der Waals surface area contributed by atoms with Crippen molar-refractivity contribution >= 4 is 5.96 Å². The maximum Gasteiger partial charge on any atom is 0.191 e. The Labute approximate surface area is 106 Å². The quantitative estimate of drug-likeness (QED) is 0.520. The van der Waals surface area contributed by atoms with Gasteiger partial charge in [-0.1, -0.05) is 0 Å². The lowest BCUT2D eigenvalue weighted by Gasteiger charge is -2.21. The zero-order valence-corrected chi connectivity index (χ0v) is 11.8. The van der Waals surface area contributed by atoms with Gasteiger partial charge in [-0.3, -0.25) is 4.99 Å². The summed E-state index contributed by atoms with van der Waals surface area (Å²) in [7, 11) is 2.15. The summed E-state index contributed by atoms with van der Waals surface area (Å²) in [5.74, 6) is 1.82. The fraction of sp³-hybridized carbons (Fsp3) is 0.923. The Bertz CT molecular complexity index is 234. The monoisotopic (exact) mass is 240 g/mol. The van der Waals surface area contributed by atoms with E-state index in [0.29, 0.717) is 6.04 Å². The lowest BCUT2D eigenvalue weighted by molar-refractivity contribution is 0.278. The van der Waals surface area contributed by atoms with Crippen LogP contribution in [0.3, 0.4) is 0 Å². The predicted molar refractivity (Wildman–Crippen MR) is 74.5 cm³/mol. The molecule has 2 N–H and O–H groups in total. The molecule has 0 unspecified atom stereocenters. The van der Waals surface area contributed by atoms with Gasteiger partial charge in [-0.25, -0.2) is 0 Å². The van der Waals surface area contributed by atoms with Crippen LogP contribution >= 0.6 is 0 Å². The van der Waals surface area contributed by atoms with Gasteiger partial charge in [0.1, 0.15) is 0 Å². The average molecular weight is 240 g/mol. The molecule has 0 radical (unpaired) electrons. The minimum atomic E-state index is 0.600. The van der Waals surface area contributed by atoms with Crippen LogP contribution in [-0.2, 0) is 0 Å². The van der Waals surface area contributed by atoms with Crippen molar-refractivity contribution in [3.8, 4) is 0 Å². The van der Waals surface area contributed by atoms with Gasteiger partial charge in [-0.2, -0.15) is 0 Å². The topological polar surface area (TPSA) is 39.7 Å². The highest BCUT2D eigenvalue weighted by atomic mass is 15.2. The van der Waals surface area contributed by atoms with Crippen LogP contribution in [0, 0.1) is 5.92 Å². The zero-order valence-electron chi connectivity index (χ0n) is 11.8. The maximum absolute atomic E-state index is 4.59. The van der Waals surface area contributed by atoms with Crippen LogP contribution in [0.5, 0.6) is 0 Å². The highest BCUT2D eigenvalue weighted by Crippen LogP contribution is 2.28. The van der Waals surface area contributed by atoms with Gasteiger partial charge in [-0.15, -0.1) is 0 Å². The molecule has 1 aliphatic rings. The van der Waals surface area contributed by atoms with E-state index in [4.69, 9.17) is 0 Å². The summed E-state index contributed by atoms with van der Waals surface area (Å²) < 4.78 is 0. The van der Waals surface area contributed by atoms with Crippen LogP contribution in [-0.4, -0.2) is 50.1 Å². The number of hydrogen-bond donors (Lipinski definition) is 2. The van der Waals surface area contributed by atoms with E-state index in [1.807, 2.05) is 0 Å². The third kappa shape index (κ3) is 6.51. The van der Waals surface area contributed by atoms with Crippen molar-refractivity contribution in [3.63, 3.8) is 0 Å². The van der Waals surface area contributed by atoms with Gasteiger partial charge in [0, 0.05) is 32.2 Å². The van der Waals surface area contributed by atoms with Crippen molar-refractivity contribution < 1.29 is 0 Å². The summed E-state index contributed by atoms with van der Waals surface area (Å²) in [6.07, 6.45) is 2.72. The van der Waals surface area contributed by atoms with Gasteiger partial charge in [0.25, 0.3) is 0 Å². The Kier molecular flexibility index (Phi) is 6.34. The molecule has 100 valence electrons. The second kappa shape index (κ2) is 7.54. The molecule has 0 saturated heterocycles. The summed E-state index contributed by atoms with van der Waals surface area (Å²) in [5.41, 5.74) is 0. The van der Waals surface area contributed by atoms with Crippen molar-refractivity contribution in [2.24, 2.45) is 10.9 Å². The Morgan fingerprint density at radius 1 is 1.35 bits per heavy atom. The second-order valence-corrected chi connectivity index (χ2v) is 5.16. The number of guanidine groups is 1. The second-order valence-electron chi connectivity index (χ2n) is 5.16. The van der Waals surface area contributed by atoms with E-state index in [1.54, 1.807) is 0 Å². The van der Waals surface area contributed by atoms with Crippen LogP contribution in [0.25, 0.3) is 0 Å². The predicted octanol–water partition coefficient (Wildman–Crippen LogP) is 1.29. The van der Waals surface area contributed by atoms with Crippen LogP contribution in [0.4, 0.5) is 0 Å². The minimum Gasteiger partial charge on any atom is -0.357 e. The summed E-state index contributed by atoms with van der Waals surface area (Å²) in [6.45, 7) is 10.4. The van der Waals surface area contributed by atoms with E-state index >= 15 is 0 Å². The summed E-state index contributed by atoms with van der Waals surface area (Å²) in [4.78, 5) is 6.92. The van der Waals surface area contributed by atoms with Gasteiger partial charge >= 0.3 is 0 Å². The molecule has 0 aromatic carbocycles. The largest absolute Gasteiger partial charge is 0.357 e. The first-order chi connectivity index (χ1) is 8.13. The highest BCUT2D eigenvalue weighted by Gasteiger charge is 2.20. The molecule has 0 aromatic heterocycles. The van der Waals surface area contributed by atoms with Crippen LogP contribution < -0.4 is 10.6 Å². The SMILES string of the molecule is CCNC(=NCC1CC1)NCCN(C)C(C)C. The molecule has 0 spiro atoms. The molecule has 1 rings (SSSR count). The molecule has 4 nitrogen and oxygen atoms in total. The molecule has 1 aliphatic carbocycles. The van der Waals surface area contributed by atoms with E-state index < -0.39 is 0 Å². The van der Waals surface area contributed by atoms with E-state index in [1.165, 1.54) is 12.8 Å². The van der Waals surface area contributed by atoms with Crippen LogP contribution in [0.15, 0.2) is 4.99 Å². The summed E-state index contributed by atoms with van der Waals surface area (Å²) >= 11 is 0. The maximum atomic E-state index is 4.59. The van der Waals surface area contributed by atoms with Gasteiger partial charge in [0.15, 0.2) is 5.96 Å². The van der Waals surface area contributed by atoms with E-state index in [-0.39, 0.29) is 0 Å². The molecule has 0 aliphatic heterocycles. The number of aliphatic imine (C=N–C) groups is 1. The van der Waals surface area contributed by atoms with Gasteiger partial charge in [-0.05, 0) is 46.6 Å². The standard InChI is InChI=1S/C13H28N4/c1-5-14-13(16-10-12-6-7-12)15-8-9-17(4)11(2)3/h11-12H,5-10H2,1-4H3,(H2,14,15,16). The molecule has 1 saturated carbocycles. The molecule has 0 heterocycles. The Morgan fingerprint density at radius 3 is 2.59 bits per heavy atom. The number of hydrogen-bond acceptors (Lipinski definition) is 2. The van der Waals surface area contributed by atoms with Gasteiger partial charge in [0.05, 0.1) is 0 Å². The van der Waals surface area contributed by atoms with E-state index in [2.05, 4.69) is 48.3 Å².